The van der Waals surface area contributed by atoms with E-state index in [1.165, 1.54) is 12.1 Å². The molecule has 3 aromatic rings. The summed E-state index contributed by atoms with van der Waals surface area (Å²) in [4.78, 5) is 14.8. The van der Waals surface area contributed by atoms with Crippen LogP contribution in [-0.2, 0) is 4.79 Å². The standard InChI is InChI=1S/C23H23FN4O/c1-16-4-10-20(11-5-16)25-23(29)18-3-2-14-28(15-18)22-13-12-21(26-27-22)17-6-8-19(24)9-7-17/h4-13,18H,2-3,14-15H2,1H3,(H,25,29)/t18-/m0/s1. The molecular formula is C23H23FN4O. The predicted molar refractivity (Wildman–Crippen MR) is 112 cm³/mol. The summed E-state index contributed by atoms with van der Waals surface area (Å²) in [7, 11) is 0. The molecule has 6 heteroatoms. The third-order valence-corrected chi connectivity index (χ3v) is 5.23. The molecular weight excluding hydrogens is 367 g/mol. The van der Waals surface area contributed by atoms with Gasteiger partial charge >= 0.3 is 0 Å². The van der Waals surface area contributed by atoms with Crippen LogP contribution in [0.5, 0.6) is 0 Å². The maximum Gasteiger partial charge on any atom is 0.229 e. The van der Waals surface area contributed by atoms with E-state index in [1.54, 1.807) is 12.1 Å². The summed E-state index contributed by atoms with van der Waals surface area (Å²) in [6, 6.07) is 17.8. The third kappa shape index (κ3) is 4.59. The Labute approximate surface area is 169 Å². The first-order valence-electron chi connectivity index (χ1n) is 9.80. The van der Waals surface area contributed by atoms with Crippen molar-refractivity contribution < 1.29 is 9.18 Å². The molecule has 2 aromatic carbocycles. The molecule has 29 heavy (non-hydrogen) atoms. The normalized spacial score (nSPS) is 16.5. The molecule has 0 unspecified atom stereocenters. The van der Waals surface area contributed by atoms with Crippen LogP contribution in [0.1, 0.15) is 18.4 Å². The van der Waals surface area contributed by atoms with Gasteiger partial charge < -0.3 is 10.2 Å². The first-order valence-corrected chi connectivity index (χ1v) is 9.80. The Bertz CT molecular complexity index is 971. The van der Waals surface area contributed by atoms with Gasteiger partial charge in [0, 0.05) is 24.3 Å². The maximum atomic E-state index is 13.1. The Morgan fingerprint density at radius 3 is 2.48 bits per heavy atom. The number of nitrogens with one attached hydrogen (secondary N) is 1. The summed E-state index contributed by atoms with van der Waals surface area (Å²) in [5.74, 6) is 0.420. The topological polar surface area (TPSA) is 58.1 Å². The number of carbonyl (C=O) groups is 1. The zero-order valence-corrected chi connectivity index (χ0v) is 16.3. The van der Waals surface area contributed by atoms with Gasteiger partial charge in [0.05, 0.1) is 11.6 Å². The van der Waals surface area contributed by atoms with Crippen molar-refractivity contribution in [2.75, 3.05) is 23.3 Å². The van der Waals surface area contributed by atoms with Gasteiger partial charge in [-0.2, -0.15) is 0 Å². The summed E-state index contributed by atoms with van der Waals surface area (Å²) in [6.07, 6.45) is 1.78. The minimum atomic E-state index is -0.276. The van der Waals surface area contributed by atoms with E-state index in [9.17, 15) is 9.18 Å². The number of piperidine rings is 1. The molecule has 4 rings (SSSR count). The van der Waals surface area contributed by atoms with E-state index in [-0.39, 0.29) is 17.6 Å². The number of anilines is 2. The lowest BCUT2D eigenvalue weighted by atomic mass is 9.97. The number of aryl methyl sites for hydroxylation is 1. The van der Waals surface area contributed by atoms with E-state index in [1.807, 2.05) is 43.3 Å². The number of aromatic nitrogens is 2. The van der Waals surface area contributed by atoms with Crippen molar-refractivity contribution in [3.8, 4) is 11.3 Å². The van der Waals surface area contributed by atoms with Crippen LogP contribution < -0.4 is 10.2 Å². The van der Waals surface area contributed by atoms with Gasteiger partial charge in [-0.3, -0.25) is 4.79 Å². The predicted octanol–water partition coefficient (Wildman–Crippen LogP) is 4.45. The van der Waals surface area contributed by atoms with Crippen LogP contribution in [-0.4, -0.2) is 29.2 Å². The van der Waals surface area contributed by atoms with E-state index in [0.717, 1.165) is 42.0 Å². The lowest BCUT2D eigenvalue weighted by Crippen LogP contribution is -2.41. The van der Waals surface area contributed by atoms with E-state index < -0.39 is 0 Å². The molecule has 0 saturated carbocycles. The number of benzene rings is 2. The summed E-state index contributed by atoms with van der Waals surface area (Å²) in [5.41, 5.74) is 3.49. The SMILES string of the molecule is Cc1ccc(NC(=O)[C@H]2CCCN(c3ccc(-c4ccc(F)cc4)nn3)C2)cc1. The van der Waals surface area contributed by atoms with E-state index >= 15 is 0 Å². The van der Waals surface area contributed by atoms with E-state index in [0.29, 0.717) is 12.2 Å². The molecule has 1 aliphatic heterocycles. The van der Waals surface area contributed by atoms with Crippen molar-refractivity contribution in [3.63, 3.8) is 0 Å². The number of nitrogens with zero attached hydrogens (tertiary/aromatic N) is 3. The highest BCUT2D eigenvalue weighted by molar-refractivity contribution is 5.93. The van der Waals surface area contributed by atoms with Crippen molar-refractivity contribution in [2.24, 2.45) is 5.92 Å². The van der Waals surface area contributed by atoms with Crippen molar-refractivity contribution in [1.82, 2.24) is 10.2 Å². The van der Waals surface area contributed by atoms with Crippen LogP contribution >= 0.6 is 0 Å². The summed E-state index contributed by atoms with van der Waals surface area (Å²) in [5, 5.41) is 11.6. The zero-order chi connectivity index (χ0) is 20.2. The van der Waals surface area contributed by atoms with Crippen LogP contribution in [0.25, 0.3) is 11.3 Å². The molecule has 148 valence electrons. The van der Waals surface area contributed by atoms with Crippen molar-refractivity contribution in [1.29, 1.82) is 0 Å². The van der Waals surface area contributed by atoms with Gasteiger partial charge in [0.15, 0.2) is 5.82 Å². The fourth-order valence-electron chi connectivity index (χ4n) is 3.55. The largest absolute Gasteiger partial charge is 0.354 e. The number of halogens is 1. The molecule has 5 nitrogen and oxygen atoms in total. The van der Waals surface area contributed by atoms with E-state index in [4.69, 9.17) is 0 Å². The van der Waals surface area contributed by atoms with Crippen LogP contribution in [0.15, 0.2) is 60.7 Å². The molecule has 1 atom stereocenters. The number of hydrogen-bond donors (Lipinski definition) is 1. The number of carbonyl (C=O) groups excluding carboxylic acids is 1. The second kappa shape index (κ2) is 8.39. The molecule has 1 aliphatic rings. The highest BCUT2D eigenvalue weighted by atomic mass is 19.1. The molecule has 1 fully saturated rings. The molecule has 0 spiro atoms. The second-order valence-electron chi connectivity index (χ2n) is 7.42. The Morgan fingerprint density at radius 2 is 1.79 bits per heavy atom. The van der Waals surface area contributed by atoms with Gasteiger partial charge in [0.25, 0.3) is 0 Å². The fourth-order valence-corrected chi connectivity index (χ4v) is 3.55. The second-order valence-corrected chi connectivity index (χ2v) is 7.42. The molecule has 2 heterocycles. The summed E-state index contributed by atoms with van der Waals surface area (Å²) < 4.78 is 13.1. The van der Waals surface area contributed by atoms with Crippen LogP contribution in [0.2, 0.25) is 0 Å². The Hall–Kier alpha value is -3.28. The summed E-state index contributed by atoms with van der Waals surface area (Å²) in [6.45, 7) is 3.48. The molecule has 1 amide bonds. The van der Waals surface area contributed by atoms with Crippen LogP contribution in [0, 0.1) is 18.7 Å². The summed E-state index contributed by atoms with van der Waals surface area (Å²) >= 11 is 0. The van der Waals surface area contributed by atoms with Gasteiger partial charge in [-0.15, -0.1) is 10.2 Å². The Morgan fingerprint density at radius 1 is 1.03 bits per heavy atom. The molecule has 1 saturated heterocycles. The van der Waals surface area contributed by atoms with Crippen molar-refractivity contribution in [3.05, 3.63) is 72.0 Å². The van der Waals surface area contributed by atoms with Gasteiger partial charge in [-0.1, -0.05) is 17.7 Å². The highest BCUT2D eigenvalue weighted by Crippen LogP contribution is 2.24. The first kappa shape index (κ1) is 19.1. The number of amides is 1. The minimum absolute atomic E-state index is 0.0365. The monoisotopic (exact) mass is 390 g/mol. The highest BCUT2D eigenvalue weighted by Gasteiger charge is 2.26. The quantitative estimate of drug-likeness (QED) is 0.715. The lowest BCUT2D eigenvalue weighted by Gasteiger charge is -2.32. The van der Waals surface area contributed by atoms with Gasteiger partial charge in [-0.25, -0.2) is 4.39 Å². The Balaban J connectivity index is 1.41. The maximum absolute atomic E-state index is 13.1. The number of hydrogen-bond acceptors (Lipinski definition) is 4. The fraction of sp³-hybridized carbons (Fsp3) is 0.261. The van der Waals surface area contributed by atoms with Crippen LogP contribution in [0.3, 0.4) is 0 Å². The van der Waals surface area contributed by atoms with Crippen LogP contribution in [0.4, 0.5) is 15.9 Å². The van der Waals surface area contributed by atoms with Gasteiger partial charge in [0.1, 0.15) is 5.82 Å². The Kier molecular flexibility index (Phi) is 5.51. The van der Waals surface area contributed by atoms with Gasteiger partial charge in [0.2, 0.25) is 5.91 Å². The van der Waals surface area contributed by atoms with Crippen molar-refractivity contribution >= 4 is 17.4 Å². The molecule has 0 bridgehead atoms. The molecule has 1 aromatic heterocycles. The number of rotatable bonds is 4. The molecule has 1 N–H and O–H groups in total. The first-order chi connectivity index (χ1) is 14.1. The van der Waals surface area contributed by atoms with Crippen molar-refractivity contribution in [2.45, 2.75) is 19.8 Å². The average Bonchev–Trinajstić information content (AvgIpc) is 2.76. The third-order valence-electron chi connectivity index (χ3n) is 5.23. The molecule has 0 radical (unpaired) electrons. The average molecular weight is 390 g/mol. The smallest absolute Gasteiger partial charge is 0.229 e. The molecule has 0 aliphatic carbocycles. The lowest BCUT2D eigenvalue weighted by molar-refractivity contribution is -0.120. The zero-order valence-electron chi connectivity index (χ0n) is 16.3. The van der Waals surface area contributed by atoms with Gasteiger partial charge in [-0.05, 0) is 68.3 Å². The van der Waals surface area contributed by atoms with E-state index in [2.05, 4.69) is 20.4 Å². The minimum Gasteiger partial charge on any atom is -0.354 e.